The first-order valence-corrected chi connectivity index (χ1v) is 5.72. The van der Waals surface area contributed by atoms with Crippen molar-refractivity contribution < 1.29 is 22.8 Å². The first-order valence-electron chi connectivity index (χ1n) is 4.93. The van der Waals surface area contributed by atoms with Gasteiger partial charge in [-0.3, -0.25) is 10.1 Å². The predicted molar refractivity (Wildman–Crippen MR) is 61.6 cm³/mol. The molecule has 100 valence electrons. The molecule has 0 aliphatic carbocycles. The Labute approximate surface area is 109 Å². The Morgan fingerprint density at radius 1 is 1.39 bits per heavy atom. The number of rotatable bonds is 5. The fourth-order valence-corrected chi connectivity index (χ4v) is 1.56. The number of halogens is 4. The largest absolute Gasteiger partial charge is 0.487 e. The number of nitro groups is 1. The van der Waals surface area contributed by atoms with Gasteiger partial charge in [0.2, 0.25) is 0 Å². The predicted octanol–water partition coefficient (Wildman–Crippen LogP) is 4.08. The van der Waals surface area contributed by atoms with Gasteiger partial charge in [-0.15, -0.1) is 0 Å². The van der Waals surface area contributed by atoms with Gasteiger partial charge in [-0.25, -0.2) is 0 Å². The molecular weight excluding hydrogens is 319 g/mol. The molecule has 8 heteroatoms. The minimum atomic E-state index is -4.24. The lowest BCUT2D eigenvalue weighted by molar-refractivity contribution is -0.385. The van der Waals surface area contributed by atoms with Crippen LogP contribution in [0.25, 0.3) is 0 Å². The molecule has 0 heterocycles. The molecule has 0 aromatic heterocycles. The van der Waals surface area contributed by atoms with Crippen LogP contribution in [0.4, 0.5) is 18.9 Å². The normalized spacial score (nSPS) is 11.3. The summed E-state index contributed by atoms with van der Waals surface area (Å²) in [5, 5.41) is 10.7. The zero-order chi connectivity index (χ0) is 13.8. The van der Waals surface area contributed by atoms with Crippen LogP contribution < -0.4 is 4.74 Å². The van der Waals surface area contributed by atoms with Crippen molar-refractivity contribution in [3.8, 4) is 5.75 Å². The van der Waals surface area contributed by atoms with Gasteiger partial charge in [-0.1, -0.05) is 15.9 Å². The van der Waals surface area contributed by atoms with Crippen LogP contribution in [0.1, 0.15) is 12.8 Å². The number of hydrogen-bond acceptors (Lipinski definition) is 3. The van der Waals surface area contributed by atoms with Crippen molar-refractivity contribution in [2.24, 2.45) is 0 Å². The number of hydrogen-bond donors (Lipinski definition) is 0. The highest BCUT2D eigenvalue weighted by molar-refractivity contribution is 9.10. The van der Waals surface area contributed by atoms with E-state index in [-0.39, 0.29) is 24.5 Å². The average molecular weight is 328 g/mol. The first kappa shape index (κ1) is 14.7. The van der Waals surface area contributed by atoms with Gasteiger partial charge in [0, 0.05) is 17.0 Å². The third-order valence-corrected chi connectivity index (χ3v) is 2.47. The molecule has 0 bridgehead atoms. The Morgan fingerprint density at radius 2 is 2.06 bits per heavy atom. The van der Waals surface area contributed by atoms with Gasteiger partial charge in [0.25, 0.3) is 0 Å². The van der Waals surface area contributed by atoms with Crippen molar-refractivity contribution in [3.63, 3.8) is 0 Å². The summed E-state index contributed by atoms with van der Waals surface area (Å²) in [6, 6.07) is 4.10. The molecule has 0 amide bonds. The van der Waals surface area contributed by atoms with E-state index >= 15 is 0 Å². The van der Waals surface area contributed by atoms with Crippen LogP contribution in [0, 0.1) is 10.1 Å². The minimum absolute atomic E-state index is 0.0367. The molecule has 0 aliphatic heterocycles. The third-order valence-electron chi connectivity index (χ3n) is 1.98. The summed E-state index contributed by atoms with van der Waals surface area (Å²) in [6.07, 6.45) is -5.46. The quantitative estimate of drug-likeness (QED) is 0.465. The van der Waals surface area contributed by atoms with E-state index in [1.54, 1.807) is 0 Å². The highest BCUT2D eigenvalue weighted by Gasteiger charge is 2.26. The third kappa shape index (κ3) is 4.91. The second kappa shape index (κ2) is 6.03. The van der Waals surface area contributed by atoms with Crippen LogP contribution in [-0.2, 0) is 0 Å². The number of nitrogens with zero attached hydrogens (tertiary/aromatic N) is 1. The summed E-state index contributed by atoms with van der Waals surface area (Å²) >= 11 is 3.06. The highest BCUT2D eigenvalue weighted by atomic mass is 79.9. The van der Waals surface area contributed by atoms with Gasteiger partial charge >= 0.3 is 11.9 Å². The molecule has 18 heavy (non-hydrogen) atoms. The fourth-order valence-electron chi connectivity index (χ4n) is 1.21. The Morgan fingerprint density at radius 3 is 2.61 bits per heavy atom. The molecule has 1 aromatic rings. The van der Waals surface area contributed by atoms with Gasteiger partial charge < -0.3 is 4.74 Å². The standard InChI is InChI=1S/C10H9BrF3NO3/c11-7-2-3-9(8(6-7)15(16)17)18-5-1-4-10(12,13)14/h2-3,6H,1,4-5H2. The van der Waals surface area contributed by atoms with E-state index in [2.05, 4.69) is 15.9 Å². The zero-order valence-corrected chi connectivity index (χ0v) is 10.6. The van der Waals surface area contributed by atoms with E-state index in [1.165, 1.54) is 18.2 Å². The Balaban J connectivity index is 2.59. The fraction of sp³-hybridized carbons (Fsp3) is 0.400. The van der Waals surface area contributed by atoms with E-state index in [4.69, 9.17) is 4.74 Å². The van der Waals surface area contributed by atoms with Crippen LogP contribution in [-0.4, -0.2) is 17.7 Å². The zero-order valence-electron chi connectivity index (χ0n) is 9.04. The maximum atomic E-state index is 11.9. The topological polar surface area (TPSA) is 52.4 Å². The average Bonchev–Trinajstić information content (AvgIpc) is 2.24. The molecule has 0 radical (unpaired) electrons. The number of benzene rings is 1. The molecular formula is C10H9BrF3NO3. The van der Waals surface area contributed by atoms with Crippen molar-refractivity contribution in [1.82, 2.24) is 0 Å². The second-order valence-electron chi connectivity index (χ2n) is 3.44. The maximum absolute atomic E-state index is 11.9. The van der Waals surface area contributed by atoms with Crippen LogP contribution in [0.2, 0.25) is 0 Å². The number of alkyl halides is 3. The van der Waals surface area contributed by atoms with Crippen molar-refractivity contribution in [2.45, 2.75) is 19.0 Å². The van der Waals surface area contributed by atoms with Crippen molar-refractivity contribution in [3.05, 3.63) is 32.8 Å². The van der Waals surface area contributed by atoms with Crippen molar-refractivity contribution in [1.29, 1.82) is 0 Å². The van der Waals surface area contributed by atoms with Gasteiger partial charge in [-0.05, 0) is 18.6 Å². The van der Waals surface area contributed by atoms with Gasteiger partial charge in [0.15, 0.2) is 5.75 Å². The summed E-state index contributed by atoms with van der Waals surface area (Å²) in [6.45, 7) is -0.220. The van der Waals surface area contributed by atoms with Crippen LogP contribution in [0.5, 0.6) is 5.75 Å². The Kier molecular flexibility index (Phi) is 4.94. The molecule has 0 aliphatic rings. The molecule has 0 unspecified atom stereocenters. The van der Waals surface area contributed by atoms with Gasteiger partial charge in [-0.2, -0.15) is 13.2 Å². The molecule has 4 nitrogen and oxygen atoms in total. The molecule has 1 rings (SSSR count). The van der Waals surface area contributed by atoms with E-state index < -0.39 is 17.5 Å². The van der Waals surface area contributed by atoms with E-state index in [1.807, 2.05) is 0 Å². The summed E-state index contributed by atoms with van der Waals surface area (Å²) in [5.74, 6) is -0.0367. The summed E-state index contributed by atoms with van der Waals surface area (Å²) in [5.41, 5.74) is -0.281. The van der Waals surface area contributed by atoms with Crippen molar-refractivity contribution >= 4 is 21.6 Å². The molecule has 1 aromatic carbocycles. The lowest BCUT2D eigenvalue weighted by Crippen LogP contribution is -2.10. The SMILES string of the molecule is O=[N+]([O-])c1cc(Br)ccc1OCCCC(F)(F)F. The second-order valence-corrected chi connectivity index (χ2v) is 4.35. The molecule has 0 saturated carbocycles. The van der Waals surface area contributed by atoms with Crippen LogP contribution in [0.15, 0.2) is 22.7 Å². The summed E-state index contributed by atoms with van der Waals surface area (Å²) in [4.78, 5) is 10.0. The van der Waals surface area contributed by atoms with Crippen LogP contribution >= 0.6 is 15.9 Å². The Hall–Kier alpha value is -1.31. The lowest BCUT2D eigenvalue weighted by atomic mass is 10.3. The number of nitro benzene ring substituents is 1. The molecule has 0 atom stereocenters. The van der Waals surface area contributed by atoms with E-state index in [0.717, 1.165) is 0 Å². The molecule has 0 saturated heterocycles. The highest BCUT2D eigenvalue weighted by Crippen LogP contribution is 2.30. The molecule has 0 fully saturated rings. The smallest absolute Gasteiger partial charge is 0.389 e. The minimum Gasteiger partial charge on any atom is -0.487 e. The molecule has 0 N–H and O–H groups in total. The van der Waals surface area contributed by atoms with Gasteiger partial charge in [0.1, 0.15) is 0 Å². The summed E-state index contributed by atoms with van der Waals surface area (Å²) < 4.78 is 41.1. The van der Waals surface area contributed by atoms with E-state index in [0.29, 0.717) is 4.47 Å². The number of ether oxygens (including phenoxy) is 1. The van der Waals surface area contributed by atoms with Gasteiger partial charge in [0.05, 0.1) is 11.5 Å². The van der Waals surface area contributed by atoms with Crippen molar-refractivity contribution in [2.75, 3.05) is 6.61 Å². The summed E-state index contributed by atoms with van der Waals surface area (Å²) in [7, 11) is 0. The Bertz CT molecular complexity index is 437. The van der Waals surface area contributed by atoms with E-state index in [9.17, 15) is 23.3 Å². The van der Waals surface area contributed by atoms with Crippen LogP contribution in [0.3, 0.4) is 0 Å². The maximum Gasteiger partial charge on any atom is 0.389 e. The monoisotopic (exact) mass is 327 g/mol. The molecule has 0 spiro atoms. The lowest BCUT2D eigenvalue weighted by Gasteiger charge is -2.08. The first-order chi connectivity index (χ1) is 8.29.